The zero-order chi connectivity index (χ0) is 10.0. The zero-order valence-electron chi connectivity index (χ0n) is 7.62. The molecule has 0 heterocycles. The van der Waals surface area contributed by atoms with Crippen molar-refractivity contribution in [3.63, 3.8) is 0 Å². The van der Waals surface area contributed by atoms with Crippen LogP contribution in [0.15, 0.2) is 18.7 Å². The second-order valence-electron chi connectivity index (χ2n) is 2.84. The summed E-state index contributed by atoms with van der Waals surface area (Å²) in [4.78, 5) is 0. The van der Waals surface area contributed by atoms with Crippen LogP contribution in [-0.2, 0) is 0 Å². The summed E-state index contributed by atoms with van der Waals surface area (Å²) in [6.07, 6.45) is 0. The quantitative estimate of drug-likeness (QED) is 0.768. The predicted molar refractivity (Wildman–Crippen MR) is 55.7 cm³/mol. The Morgan fingerprint density at radius 1 is 1.54 bits per heavy atom. The molecule has 0 radical (unpaired) electrons. The van der Waals surface area contributed by atoms with Crippen molar-refractivity contribution in [3.05, 3.63) is 35.1 Å². The number of halogens is 2. The monoisotopic (exact) mass is 199 g/mol. The molecule has 1 nitrogen and oxygen atoms in total. The molecular weight excluding hydrogens is 189 g/mol. The van der Waals surface area contributed by atoms with Gasteiger partial charge in [-0.05, 0) is 24.6 Å². The molecule has 0 fully saturated rings. The van der Waals surface area contributed by atoms with Gasteiger partial charge >= 0.3 is 0 Å². The number of benzene rings is 1. The molecule has 1 aromatic rings. The molecule has 0 spiro atoms. The van der Waals surface area contributed by atoms with Crippen LogP contribution in [0.5, 0.6) is 0 Å². The summed E-state index contributed by atoms with van der Waals surface area (Å²) in [6.45, 7) is 5.58. The van der Waals surface area contributed by atoms with E-state index >= 15 is 0 Å². The first-order valence-electron chi connectivity index (χ1n) is 3.89. The smallest absolute Gasteiger partial charge is 0.142 e. The average molecular weight is 200 g/mol. The third-order valence-electron chi connectivity index (χ3n) is 1.79. The molecule has 3 heteroatoms. The van der Waals surface area contributed by atoms with Crippen LogP contribution in [0, 0.1) is 5.82 Å². The molecule has 13 heavy (non-hydrogen) atoms. The van der Waals surface area contributed by atoms with Gasteiger partial charge in [0, 0.05) is 18.3 Å². The zero-order valence-corrected chi connectivity index (χ0v) is 8.37. The lowest BCUT2D eigenvalue weighted by molar-refractivity contribution is 0.628. The molecule has 0 bridgehead atoms. The van der Waals surface area contributed by atoms with Gasteiger partial charge in [-0.25, -0.2) is 4.39 Å². The SMILES string of the molecule is C=C(C)c1cc(F)c(Cl)cc1NC. The van der Waals surface area contributed by atoms with Gasteiger partial charge < -0.3 is 5.32 Å². The Hall–Kier alpha value is -1.02. The average Bonchev–Trinajstić information content (AvgIpc) is 2.08. The van der Waals surface area contributed by atoms with Crippen molar-refractivity contribution in [3.8, 4) is 0 Å². The Bertz CT molecular complexity index is 347. The first-order chi connectivity index (χ1) is 6.06. The van der Waals surface area contributed by atoms with E-state index in [2.05, 4.69) is 11.9 Å². The molecule has 1 N–H and O–H groups in total. The normalized spacial score (nSPS) is 9.85. The van der Waals surface area contributed by atoms with E-state index < -0.39 is 5.82 Å². The lowest BCUT2D eigenvalue weighted by Crippen LogP contribution is -1.95. The number of rotatable bonds is 2. The molecule has 1 aromatic carbocycles. The van der Waals surface area contributed by atoms with E-state index in [1.165, 1.54) is 6.07 Å². The summed E-state index contributed by atoms with van der Waals surface area (Å²) in [6, 6.07) is 2.94. The summed E-state index contributed by atoms with van der Waals surface area (Å²) < 4.78 is 13.1. The van der Waals surface area contributed by atoms with Crippen molar-refractivity contribution in [2.24, 2.45) is 0 Å². The van der Waals surface area contributed by atoms with Crippen LogP contribution >= 0.6 is 11.6 Å². The number of hydrogen-bond acceptors (Lipinski definition) is 1. The number of anilines is 1. The van der Waals surface area contributed by atoms with E-state index in [1.807, 2.05) is 6.92 Å². The first-order valence-corrected chi connectivity index (χ1v) is 4.26. The number of allylic oxidation sites excluding steroid dienone is 1. The molecule has 0 aliphatic rings. The molecule has 0 unspecified atom stereocenters. The van der Waals surface area contributed by atoms with E-state index in [1.54, 1.807) is 13.1 Å². The molecule has 0 aromatic heterocycles. The summed E-state index contributed by atoms with van der Waals surface area (Å²) in [5.74, 6) is -0.418. The third-order valence-corrected chi connectivity index (χ3v) is 2.08. The molecule has 1 rings (SSSR count). The van der Waals surface area contributed by atoms with Crippen molar-refractivity contribution < 1.29 is 4.39 Å². The van der Waals surface area contributed by atoms with Crippen molar-refractivity contribution >= 4 is 22.9 Å². The lowest BCUT2D eigenvalue weighted by atomic mass is 10.1. The number of hydrogen-bond donors (Lipinski definition) is 1. The number of nitrogens with one attached hydrogen (secondary N) is 1. The molecule has 0 amide bonds. The Morgan fingerprint density at radius 3 is 2.62 bits per heavy atom. The van der Waals surface area contributed by atoms with Crippen LogP contribution in [0.3, 0.4) is 0 Å². The van der Waals surface area contributed by atoms with Crippen molar-refractivity contribution in [2.45, 2.75) is 6.92 Å². The van der Waals surface area contributed by atoms with Crippen molar-refractivity contribution in [1.29, 1.82) is 0 Å². The van der Waals surface area contributed by atoms with Crippen LogP contribution in [0.25, 0.3) is 5.57 Å². The topological polar surface area (TPSA) is 12.0 Å². The fourth-order valence-electron chi connectivity index (χ4n) is 1.11. The largest absolute Gasteiger partial charge is 0.388 e. The van der Waals surface area contributed by atoms with Gasteiger partial charge in [-0.1, -0.05) is 18.2 Å². The second-order valence-corrected chi connectivity index (χ2v) is 3.25. The Morgan fingerprint density at radius 2 is 2.15 bits per heavy atom. The van der Waals surface area contributed by atoms with Gasteiger partial charge in [0.2, 0.25) is 0 Å². The van der Waals surface area contributed by atoms with Gasteiger partial charge in [0.15, 0.2) is 0 Å². The predicted octanol–water partition coefficient (Wildman–Crippen LogP) is 3.55. The Kier molecular flexibility index (Phi) is 2.94. The molecule has 70 valence electrons. The standard InChI is InChI=1S/C10H11ClFN/c1-6(2)7-4-9(12)8(11)5-10(7)13-3/h4-5,13H,1H2,2-3H3. The highest BCUT2D eigenvalue weighted by Gasteiger charge is 2.07. The Balaban J connectivity index is 3.33. The molecule has 0 saturated carbocycles. The van der Waals surface area contributed by atoms with E-state index in [-0.39, 0.29) is 5.02 Å². The highest BCUT2D eigenvalue weighted by Crippen LogP contribution is 2.28. The Labute approximate surface area is 82.2 Å². The van der Waals surface area contributed by atoms with Crippen LogP contribution < -0.4 is 5.32 Å². The molecule has 0 aliphatic carbocycles. The molecule has 0 saturated heterocycles. The van der Waals surface area contributed by atoms with Gasteiger partial charge in [-0.15, -0.1) is 0 Å². The minimum absolute atomic E-state index is 0.120. The fraction of sp³-hybridized carbons (Fsp3) is 0.200. The van der Waals surface area contributed by atoms with Crippen LogP contribution in [-0.4, -0.2) is 7.05 Å². The summed E-state index contributed by atoms with van der Waals surface area (Å²) in [5, 5.41) is 3.05. The minimum Gasteiger partial charge on any atom is -0.388 e. The maximum atomic E-state index is 13.1. The summed E-state index contributed by atoms with van der Waals surface area (Å²) in [7, 11) is 1.76. The van der Waals surface area contributed by atoms with E-state index in [0.717, 1.165) is 16.8 Å². The maximum absolute atomic E-state index is 13.1. The van der Waals surface area contributed by atoms with Gasteiger partial charge in [-0.3, -0.25) is 0 Å². The van der Waals surface area contributed by atoms with Gasteiger partial charge in [-0.2, -0.15) is 0 Å². The van der Waals surface area contributed by atoms with Crippen LogP contribution in [0.4, 0.5) is 10.1 Å². The maximum Gasteiger partial charge on any atom is 0.142 e. The third kappa shape index (κ3) is 2.01. The van der Waals surface area contributed by atoms with Gasteiger partial charge in [0.05, 0.1) is 5.02 Å². The van der Waals surface area contributed by atoms with Crippen molar-refractivity contribution in [1.82, 2.24) is 0 Å². The van der Waals surface area contributed by atoms with Crippen LogP contribution in [0.2, 0.25) is 5.02 Å². The van der Waals surface area contributed by atoms with E-state index in [0.29, 0.717) is 0 Å². The summed E-state index contributed by atoms with van der Waals surface area (Å²) in [5.41, 5.74) is 2.35. The molecular formula is C10H11ClFN. The lowest BCUT2D eigenvalue weighted by Gasteiger charge is -2.09. The highest BCUT2D eigenvalue weighted by atomic mass is 35.5. The molecule has 0 atom stereocenters. The molecule has 0 aliphatic heterocycles. The first kappa shape index (κ1) is 10.1. The highest BCUT2D eigenvalue weighted by molar-refractivity contribution is 6.31. The van der Waals surface area contributed by atoms with Crippen molar-refractivity contribution in [2.75, 3.05) is 12.4 Å². The minimum atomic E-state index is -0.418. The second kappa shape index (κ2) is 3.79. The van der Waals surface area contributed by atoms with Gasteiger partial charge in [0.1, 0.15) is 5.82 Å². The van der Waals surface area contributed by atoms with E-state index in [9.17, 15) is 4.39 Å². The summed E-state index contributed by atoms with van der Waals surface area (Å²) >= 11 is 5.62. The van der Waals surface area contributed by atoms with Crippen LogP contribution in [0.1, 0.15) is 12.5 Å². The fourth-order valence-corrected chi connectivity index (χ4v) is 1.27. The van der Waals surface area contributed by atoms with Gasteiger partial charge in [0.25, 0.3) is 0 Å². The van der Waals surface area contributed by atoms with E-state index in [4.69, 9.17) is 11.6 Å².